The molecule has 1 aliphatic heterocycles. The molecule has 1 aromatic heterocycles. The van der Waals surface area contributed by atoms with Gasteiger partial charge in [0, 0.05) is 17.5 Å². The predicted octanol–water partition coefficient (Wildman–Crippen LogP) is 3.87. The van der Waals surface area contributed by atoms with Crippen molar-refractivity contribution in [2.75, 3.05) is 19.2 Å². The van der Waals surface area contributed by atoms with Crippen molar-refractivity contribution < 1.29 is 19.0 Å². The lowest BCUT2D eigenvalue weighted by Crippen LogP contribution is -2.28. The third kappa shape index (κ3) is 3.95. The Labute approximate surface area is 159 Å². The fraction of sp³-hybridized carbons (Fsp3) is 0.158. The Hall–Kier alpha value is -3.26. The first-order valence-corrected chi connectivity index (χ1v) is 9.12. The van der Waals surface area contributed by atoms with Crippen molar-refractivity contribution >= 4 is 22.5 Å². The maximum Gasteiger partial charge on any atom is 0.321 e. The Balaban J connectivity index is 1.35. The molecule has 0 spiro atoms. The molecule has 2 N–H and O–H groups in total. The highest BCUT2D eigenvalue weighted by molar-refractivity contribution is 7.14. The zero-order valence-corrected chi connectivity index (χ0v) is 15.3. The molecular formula is C19H17N3O4S. The molecule has 2 heterocycles. The number of benzene rings is 2. The molecule has 7 nitrogen and oxygen atoms in total. The van der Waals surface area contributed by atoms with Crippen molar-refractivity contribution in [3.8, 4) is 28.5 Å². The Kier molecular flexibility index (Phi) is 4.80. The third-order valence-electron chi connectivity index (χ3n) is 4.01. The van der Waals surface area contributed by atoms with Crippen LogP contribution >= 0.6 is 11.3 Å². The predicted molar refractivity (Wildman–Crippen MR) is 103 cm³/mol. The van der Waals surface area contributed by atoms with Crippen molar-refractivity contribution in [1.82, 2.24) is 10.3 Å². The fourth-order valence-electron chi connectivity index (χ4n) is 2.59. The summed E-state index contributed by atoms with van der Waals surface area (Å²) in [5, 5.41) is 7.97. The van der Waals surface area contributed by atoms with Crippen molar-refractivity contribution in [3.05, 3.63) is 53.4 Å². The molecule has 0 radical (unpaired) electrons. The summed E-state index contributed by atoms with van der Waals surface area (Å²) in [6, 6.07) is 12.9. The van der Waals surface area contributed by atoms with Crippen LogP contribution < -0.4 is 24.8 Å². The molecule has 2 aromatic carbocycles. The average molecular weight is 383 g/mol. The van der Waals surface area contributed by atoms with Gasteiger partial charge in [0.05, 0.1) is 12.8 Å². The van der Waals surface area contributed by atoms with Crippen LogP contribution in [0, 0.1) is 0 Å². The Morgan fingerprint density at radius 3 is 2.81 bits per heavy atom. The van der Waals surface area contributed by atoms with Gasteiger partial charge in [-0.05, 0) is 35.9 Å². The van der Waals surface area contributed by atoms with Gasteiger partial charge in [-0.1, -0.05) is 12.1 Å². The number of amides is 2. The number of nitrogens with zero attached hydrogens (tertiary/aromatic N) is 1. The molecule has 0 fully saturated rings. The van der Waals surface area contributed by atoms with E-state index in [0.717, 1.165) is 28.3 Å². The van der Waals surface area contributed by atoms with Gasteiger partial charge in [0.15, 0.2) is 16.6 Å². The van der Waals surface area contributed by atoms with E-state index in [9.17, 15) is 4.79 Å². The standard InChI is InChI=1S/C19H17N3O4S/c1-24-14-5-2-12(3-6-14)9-20-18(23)22-19-21-15(10-27-19)13-4-7-16-17(8-13)26-11-25-16/h2-8,10H,9,11H2,1H3,(H2,20,21,22,23). The van der Waals surface area contributed by atoms with Gasteiger partial charge >= 0.3 is 6.03 Å². The van der Waals surface area contributed by atoms with Gasteiger partial charge in [-0.3, -0.25) is 5.32 Å². The van der Waals surface area contributed by atoms with Crippen LogP contribution in [-0.2, 0) is 6.54 Å². The molecule has 0 atom stereocenters. The zero-order chi connectivity index (χ0) is 18.6. The van der Waals surface area contributed by atoms with Crippen LogP contribution in [-0.4, -0.2) is 24.9 Å². The van der Waals surface area contributed by atoms with Crippen LogP contribution in [0.5, 0.6) is 17.2 Å². The molecule has 8 heteroatoms. The summed E-state index contributed by atoms with van der Waals surface area (Å²) in [7, 11) is 1.62. The highest BCUT2D eigenvalue weighted by Gasteiger charge is 2.15. The number of rotatable bonds is 5. The van der Waals surface area contributed by atoms with Gasteiger partial charge in [-0.2, -0.15) is 0 Å². The summed E-state index contributed by atoms with van der Waals surface area (Å²) in [6.07, 6.45) is 0. The second-order valence-corrected chi connectivity index (χ2v) is 6.62. The van der Waals surface area contributed by atoms with Gasteiger partial charge in [0.2, 0.25) is 6.79 Å². The van der Waals surface area contributed by atoms with Gasteiger partial charge in [-0.25, -0.2) is 9.78 Å². The van der Waals surface area contributed by atoms with E-state index in [1.807, 2.05) is 47.8 Å². The smallest absolute Gasteiger partial charge is 0.321 e. The molecule has 3 aromatic rings. The van der Waals surface area contributed by atoms with Gasteiger partial charge < -0.3 is 19.5 Å². The maximum absolute atomic E-state index is 12.1. The summed E-state index contributed by atoms with van der Waals surface area (Å²) in [4.78, 5) is 16.5. The van der Waals surface area contributed by atoms with Crippen LogP contribution in [0.1, 0.15) is 5.56 Å². The summed E-state index contributed by atoms with van der Waals surface area (Å²) >= 11 is 1.36. The number of thiazole rings is 1. The van der Waals surface area contributed by atoms with Crippen LogP contribution in [0.3, 0.4) is 0 Å². The number of ether oxygens (including phenoxy) is 3. The van der Waals surface area contributed by atoms with Crippen LogP contribution in [0.25, 0.3) is 11.3 Å². The molecule has 0 bridgehead atoms. The second-order valence-electron chi connectivity index (χ2n) is 5.76. The minimum atomic E-state index is -0.308. The van der Waals surface area contributed by atoms with E-state index in [-0.39, 0.29) is 12.8 Å². The lowest BCUT2D eigenvalue weighted by molar-refractivity contribution is 0.174. The van der Waals surface area contributed by atoms with Gasteiger partial charge in [0.25, 0.3) is 0 Å². The summed E-state index contributed by atoms with van der Waals surface area (Å²) in [5.41, 5.74) is 2.65. The van der Waals surface area contributed by atoms with E-state index in [4.69, 9.17) is 14.2 Å². The van der Waals surface area contributed by atoms with Gasteiger partial charge in [-0.15, -0.1) is 11.3 Å². The molecule has 0 unspecified atom stereocenters. The minimum absolute atomic E-state index is 0.233. The molecule has 1 aliphatic rings. The second kappa shape index (κ2) is 7.55. The number of aromatic nitrogens is 1. The van der Waals surface area contributed by atoms with E-state index in [1.54, 1.807) is 7.11 Å². The number of carbonyl (C=O) groups excluding carboxylic acids is 1. The van der Waals surface area contributed by atoms with Crippen molar-refractivity contribution in [2.24, 2.45) is 0 Å². The number of nitrogens with one attached hydrogen (secondary N) is 2. The minimum Gasteiger partial charge on any atom is -0.497 e. The molecule has 4 rings (SSSR count). The quantitative estimate of drug-likeness (QED) is 0.699. The average Bonchev–Trinajstić information content (AvgIpc) is 3.35. The monoisotopic (exact) mass is 383 g/mol. The summed E-state index contributed by atoms with van der Waals surface area (Å²) < 4.78 is 15.8. The molecular weight excluding hydrogens is 366 g/mol. The van der Waals surface area contributed by atoms with Crippen LogP contribution in [0.15, 0.2) is 47.8 Å². The Morgan fingerprint density at radius 2 is 2.00 bits per heavy atom. The lowest BCUT2D eigenvalue weighted by Gasteiger charge is -2.06. The topological polar surface area (TPSA) is 81.7 Å². The molecule has 27 heavy (non-hydrogen) atoms. The first-order chi connectivity index (χ1) is 13.2. The van der Waals surface area contributed by atoms with Crippen molar-refractivity contribution in [2.45, 2.75) is 6.54 Å². The first kappa shape index (κ1) is 17.2. The number of carbonyl (C=O) groups is 1. The summed E-state index contributed by atoms with van der Waals surface area (Å²) in [6.45, 7) is 0.646. The molecule has 0 saturated heterocycles. The highest BCUT2D eigenvalue weighted by Crippen LogP contribution is 2.36. The Morgan fingerprint density at radius 1 is 1.19 bits per heavy atom. The summed E-state index contributed by atoms with van der Waals surface area (Å²) in [5.74, 6) is 2.21. The molecule has 2 amide bonds. The van der Waals surface area contributed by atoms with Crippen molar-refractivity contribution in [3.63, 3.8) is 0 Å². The SMILES string of the molecule is COc1ccc(CNC(=O)Nc2nc(-c3ccc4c(c3)OCO4)cs2)cc1. The molecule has 0 saturated carbocycles. The van der Waals surface area contributed by atoms with Crippen molar-refractivity contribution in [1.29, 1.82) is 0 Å². The fourth-order valence-corrected chi connectivity index (χ4v) is 3.30. The number of methoxy groups -OCH3 is 1. The first-order valence-electron chi connectivity index (χ1n) is 8.24. The third-order valence-corrected chi connectivity index (χ3v) is 4.76. The largest absolute Gasteiger partial charge is 0.497 e. The number of fused-ring (bicyclic) bond motifs is 1. The number of hydrogen-bond acceptors (Lipinski definition) is 6. The zero-order valence-electron chi connectivity index (χ0n) is 14.5. The normalized spacial score (nSPS) is 11.9. The number of anilines is 1. The van der Waals surface area contributed by atoms with E-state index >= 15 is 0 Å². The maximum atomic E-state index is 12.1. The van der Waals surface area contributed by atoms with Crippen LogP contribution in [0.2, 0.25) is 0 Å². The lowest BCUT2D eigenvalue weighted by atomic mass is 10.1. The van der Waals surface area contributed by atoms with E-state index in [1.165, 1.54) is 11.3 Å². The van der Waals surface area contributed by atoms with Gasteiger partial charge in [0.1, 0.15) is 5.75 Å². The molecule has 138 valence electrons. The van der Waals surface area contributed by atoms with E-state index < -0.39 is 0 Å². The van der Waals surface area contributed by atoms with E-state index in [0.29, 0.717) is 17.4 Å². The number of hydrogen-bond donors (Lipinski definition) is 2. The number of urea groups is 1. The molecule has 0 aliphatic carbocycles. The Bertz CT molecular complexity index is 956. The highest BCUT2D eigenvalue weighted by atomic mass is 32.1. The van der Waals surface area contributed by atoms with Crippen LogP contribution in [0.4, 0.5) is 9.93 Å². The van der Waals surface area contributed by atoms with E-state index in [2.05, 4.69) is 15.6 Å².